The van der Waals surface area contributed by atoms with Gasteiger partial charge in [-0.1, -0.05) is 81.2 Å². The van der Waals surface area contributed by atoms with Crippen molar-refractivity contribution in [2.75, 3.05) is 0 Å². The number of fused-ring (bicyclic) bond motifs is 5. The number of Topliss-reactive ketones (excluding diaryl/α,β-unsaturated/α-hetero) is 1. The zero-order valence-electron chi connectivity index (χ0n) is 31.3. The Morgan fingerprint density at radius 3 is 2.15 bits per heavy atom. The lowest BCUT2D eigenvalue weighted by molar-refractivity contribution is -0.124. The van der Waals surface area contributed by atoms with Gasteiger partial charge in [-0.25, -0.2) is 0 Å². The van der Waals surface area contributed by atoms with Gasteiger partial charge in [0, 0.05) is 29.9 Å². The Labute approximate surface area is 309 Å². The standard InChI is InChI=1S/C41H56O9S2/c1-24-10-14-35(51(45,46)47)30(20-24)38(43)27(4)9-7-8-26(3)37-34(42)22-32-29-13-12-28-23-41(44,33-21-25(2)11-15-36(33)52(48,49)50)19-18-39(28,5)31(29)16-17-40(32,37)6/h10-12,14-15,20-21,26-27,29,31-32,37-38,43-44H,7-9,13,16-19,22-23H2,1-6H3,(H,45,46,47)(H,48,49,50)/t26-,27-,29-,31+,32+,37+,38?,39+,40+,41?/m1/s1. The molecular formula is C41H56O9S2. The summed E-state index contributed by atoms with van der Waals surface area (Å²) in [4.78, 5) is 13.4. The molecule has 4 N–H and O–H groups in total. The van der Waals surface area contributed by atoms with E-state index in [1.807, 2.05) is 20.8 Å². The number of carbonyl (C=O) groups excluding carboxylic acids is 1. The Morgan fingerprint density at radius 1 is 0.865 bits per heavy atom. The molecule has 10 atom stereocenters. The molecule has 2 aromatic rings. The fourth-order valence-corrected chi connectivity index (χ4v) is 12.9. The largest absolute Gasteiger partial charge is 0.388 e. The number of aryl methyl sites for hydroxylation is 2. The summed E-state index contributed by atoms with van der Waals surface area (Å²) in [6, 6.07) is 9.24. The van der Waals surface area contributed by atoms with Crippen molar-refractivity contribution >= 4 is 26.0 Å². The maximum atomic E-state index is 13.9. The smallest absolute Gasteiger partial charge is 0.294 e. The van der Waals surface area contributed by atoms with Crippen LogP contribution >= 0.6 is 0 Å². The van der Waals surface area contributed by atoms with Gasteiger partial charge in [-0.05, 0) is 111 Å². The zero-order chi connectivity index (χ0) is 38.2. The topological polar surface area (TPSA) is 166 Å². The number of aliphatic hydroxyl groups excluding tert-OH is 1. The molecule has 0 saturated heterocycles. The first-order valence-corrected chi connectivity index (χ1v) is 21.8. The zero-order valence-corrected chi connectivity index (χ0v) is 32.9. The van der Waals surface area contributed by atoms with E-state index >= 15 is 0 Å². The summed E-state index contributed by atoms with van der Waals surface area (Å²) >= 11 is 0. The van der Waals surface area contributed by atoms with Crippen molar-refractivity contribution in [3.63, 3.8) is 0 Å². The summed E-state index contributed by atoms with van der Waals surface area (Å²) in [5.41, 5.74) is 1.51. The van der Waals surface area contributed by atoms with Crippen LogP contribution in [0.4, 0.5) is 0 Å². The van der Waals surface area contributed by atoms with Gasteiger partial charge in [-0.15, -0.1) is 0 Å². The highest BCUT2D eigenvalue weighted by molar-refractivity contribution is 7.86. The van der Waals surface area contributed by atoms with Gasteiger partial charge in [0.15, 0.2) is 0 Å². The van der Waals surface area contributed by atoms with Crippen molar-refractivity contribution in [1.82, 2.24) is 0 Å². The second kappa shape index (κ2) is 13.7. The molecule has 0 spiro atoms. The summed E-state index contributed by atoms with van der Waals surface area (Å²) in [6.07, 6.45) is 8.12. The molecule has 4 aliphatic carbocycles. The second-order valence-electron chi connectivity index (χ2n) is 17.5. The van der Waals surface area contributed by atoms with E-state index in [2.05, 4.69) is 26.8 Å². The van der Waals surface area contributed by atoms with E-state index in [0.717, 1.165) is 48.8 Å². The number of allylic oxidation sites excluding steroid dienone is 1. The lowest BCUT2D eigenvalue weighted by Gasteiger charge is -2.59. The summed E-state index contributed by atoms with van der Waals surface area (Å²) < 4.78 is 68.4. The Bertz CT molecular complexity index is 1990. The molecule has 9 nitrogen and oxygen atoms in total. The van der Waals surface area contributed by atoms with Crippen LogP contribution in [0.25, 0.3) is 0 Å². The van der Waals surface area contributed by atoms with Crippen LogP contribution in [0.5, 0.6) is 0 Å². The van der Waals surface area contributed by atoms with Gasteiger partial charge in [-0.3, -0.25) is 13.9 Å². The number of aliphatic hydroxyl groups is 2. The van der Waals surface area contributed by atoms with E-state index in [1.54, 1.807) is 24.3 Å². The molecule has 3 fully saturated rings. The highest BCUT2D eigenvalue weighted by atomic mass is 32.2. The number of ketones is 1. The van der Waals surface area contributed by atoms with Crippen molar-refractivity contribution < 1.29 is 40.9 Å². The van der Waals surface area contributed by atoms with Crippen molar-refractivity contribution in [2.24, 2.45) is 46.3 Å². The van der Waals surface area contributed by atoms with Crippen LogP contribution in [0.15, 0.2) is 57.8 Å². The minimum absolute atomic E-state index is 0.0589. The molecule has 286 valence electrons. The second-order valence-corrected chi connectivity index (χ2v) is 20.3. The normalized spacial score (nSPS) is 33.7. The Kier molecular flexibility index (Phi) is 10.4. The molecule has 4 aliphatic rings. The van der Waals surface area contributed by atoms with Gasteiger partial charge in [0.25, 0.3) is 20.2 Å². The van der Waals surface area contributed by atoms with E-state index < -0.39 is 31.9 Å². The maximum Gasteiger partial charge on any atom is 0.294 e. The average molecular weight is 757 g/mol. The molecule has 0 bridgehead atoms. The maximum absolute atomic E-state index is 13.9. The van der Waals surface area contributed by atoms with Gasteiger partial charge in [-0.2, -0.15) is 16.8 Å². The van der Waals surface area contributed by atoms with E-state index in [1.165, 1.54) is 12.1 Å². The van der Waals surface area contributed by atoms with Crippen LogP contribution in [0, 0.1) is 60.2 Å². The van der Waals surface area contributed by atoms with Gasteiger partial charge < -0.3 is 10.2 Å². The van der Waals surface area contributed by atoms with E-state index in [4.69, 9.17) is 0 Å². The summed E-state index contributed by atoms with van der Waals surface area (Å²) in [5, 5.41) is 23.2. The molecule has 2 aromatic carbocycles. The van der Waals surface area contributed by atoms with Crippen LogP contribution in [-0.4, -0.2) is 41.9 Å². The van der Waals surface area contributed by atoms with Crippen LogP contribution in [-0.2, 0) is 30.6 Å². The number of hydrogen-bond acceptors (Lipinski definition) is 7. The number of rotatable bonds is 10. The van der Waals surface area contributed by atoms with Crippen molar-refractivity contribution in [3.8, 4) is 0 Å². The molecule has 52 heavy (non-hydrogen) atoms. The highest BCUT2D eigenvalue weighted by Gasteiger charge is 2.62. The first-order valence-electron chi connectivity index (χ1n) is 18.9. The third-order valence-electron chi connectivity index (χ3n) is 14.2. The van der Waals surface area contributed by atoms with Gasteiger partial charge in [0.2, 0.25) is 0 Å². The van der Waals surface area contributed by atoms with E-state index in [-0.39, 0.29) is 55.4 Å². The van der Waals surface area contributed by atoms with Gasteiger partial charge >= 0.3 is 0 Å². The lowest BCUT2D eigenvalue weighted by atomic mass is 9.46. The lowest BCUT2D eigenvalue weighted by Crippen LogP contribution is -2.52. The first-order chi connectivity index (χ1) is 24.1. The highest BCUT2D eigenvalue weighted by Crippen LogP contribution is 2.67. The van der Waals surface area contributed by atoms with Crippen LogP contribution in [0.3, 0.4) is 0 Å². The van der Waals surface area contributed by atoms with Crippen LogP contribution in [0.2, 0.25) is 0 Å². The molecule has 0 radical (unpaired) electrons. The summed E-state index contributed by atoms with van der Waals surface area (Å²) in [7, 11) is -9.00. The Morgan fingerprint density at radius 2 is 1.50 bits per heavy atom. The molecule has 0 aliphatic heterocycles. The van der Waals surface area contributed by atoms with Crippen molar-refractivity contribution in [2.45, 2.75) is 127 Å². The molecular weight excluding hydrogens is 701 g/mol. The molecule has 2 unspecified atom stereocenters. The molecule has 0 heterocycles. The molecule has 0 aromatic heterocycles. The van der Waals surface area contributed by atoms with Crippen molar-refractivity contribution in [1.29, 1.82) is 0 Å². The fourth-order valence-electron chi connectivity index (χ4n) is 11.4. The molecule has 0 amide bonds. The molecule has 6 rings (SSSR count). The third kappa shape index (κ3) is 6.87. The van der Waals surface area contributed by atoms with Gasteiger partial charge in [0.05, 0.1) is 21.5 Å². The molecule has 11 heteroatoms. The first kappa shape index (κ1) is 39.3. The predicted octanol–water partition coefficient (Wildman–Crippen LogP) is 7.92. The minimum atomic E-state index is -4.52. The number of carbonyl (C=O) groups is 1. The van der Waals surface area contributed by atoms with E-state index in [0.29, 0.717) is 49.7 Å². The SMILES string of the molecule is Cc1ccc(S(=O)(=O)O)c(C(O)[C@H](C)CCC[C@@H](C)[C@H]2C(=O)C[C@H]3[C@@H]4CC=C5CC(O)(c6cc(C)ccc6S(=O)(=O)O)CC[C@]5(C)[C@H]4CC[C@]23C)c1. The molecule has 3 saturated carbocycles. The third-order valence-corrected chi connectivity index (χ3v) is 16.0. The summed E-state index contributed by atoms with van der Waals surface area (Å²) in [5.74, 6) is 1.12. The Balaban J connectivity index is 1.15. The quantitative estimate of drug-likeness (QED) is 0.139. The predicted molar refractivity (Wildman–Crippen MR) is 199 cm³/mol. The summed E-state index contributed by atoms with van der Waals surface area (Å²) in [6.45, 7) is 12.3. The number of benzene rings is 2. The van der Waals surface area contributed by atoms with Crippen LogP contribution in [0.1, 0.15) is 120 Å². The monoisotopic (exact) mass is 756 g/mol. The van der Waals surface area contributed by atoms with E-state index in [9.17, 15) is 40.9 Å². The fraction of sp³-hybridized carbons (Fsp3) is 0.634. The minimum Gasteiger partial charge on any atom is -0.388 e. The Hall–Kier alpha value is -2.41. The van der Waals surface area contributed by atoms with Crippen LogP contribution < -0.4 is 0 Å². The average Bonchev–Trinajstić information content (AvgIpc) is 3.33. The number of hydrogen-bond donors (Lipinski definition) is 4. The van der Waals surface area contributed by atoms with Crippen molar-refractivity contribution in [3.05, 3.63) is 70.3 Å². The van der Waals surface area contributed by atoms with Gasteiger partial charge in [0.1, 0.15) is 5.78 Å².